The summed E-state index contributed by atoms with van der Waals surface area (Å²) in [4.78, 5) is 3.59. The minimum atomic E-state index is -0.449. The number of anilines is 1. The Morgan fingerprint density at radius 2 is 1.88 bits per heavy atom. The predicted molar refractivity (Wildman–Crippen MR) is 69.1 cm³/mol. The molecule has 0 radical (unpaired) electrons. The number of benzene rings is 1. The number of nitrogens with zero attached hydrogens (tertiary/aromatic N) is 1. The van der Waals surface area contributed by atoms with E-state index in [-0.39, 0.29) is 0 Å². The molecule has 0 aliphatic heterocycles. The molecule has 2 nitrogen and oxygen atoms in total. The van der Waals surface area contributed by atoms with Crippen LogP contribution < -0.4 is 5.32 Å². The topological polar surface area (TPSA) is 24.9 Å². The van der Waals surface area contributed by atoms with Crippen molar-refractivity contribution >= 4 is 17.8 Å². The van der Waals surface area contributed by atoms with E-state index >= 15 is 0 Å². The Labute approximate surface area is 99.8 Å². The molecule has 2 aromatic rings. The Kier molecular flexibility index (Phi) is 3.50. The Hall–Kier alpha value is -2.16. The van der Waals surface area contributed by atoms with Gasteiger partial charge in [-0.3, -0.25) is 0 Å². The fourth-order valence-electron chi connectivity index (χ4n) is 1.47. The molecule has 0 atom stereocenters. The van der Waals surface area contributed by atoms with Crippen LogP contribution in [0.4, 0.5) is 10.1 Å². The lowest BCUT2D eigenvalue weighted by Gasteiger charge is -1.99. The summed E-state index contributed by atoms with van der Waals surface area (Å²) in [6, 6.07) is 11.3. The third kappa shape index (κ3) is 2.91. The molecule has 0 saturated carbocycles. The van der Waals surface area contributed by atoms with Gasteiger partial charge < -0.3 is 5.32 Å². The summed E-state index contributed by atoms with van der Waals surface area (Å²) >= 11 is 0. The molecule has 0 aliphatic carbocycles. The van der Waals surface area contributed by atoms with Crippen molar-refractivity contribution in [1.29, 1.82) is 0 Å². The lowest BCUT2D eigenvalue weighted by atomic mass is 10.1. The zero-order chi connectivity index (χ0) is 12.1. The number of hydrogen-bond donors (Lipinski definition) is 1. The summed E-state index contributed by atoms with van der Waals surface area (Å²) < 4.78 is 13.2. The smallest absolute Gasteiger partial charge is 0.220 e. The molecule has 0 bridgehead atoms. The van der Waals surface area contributed by atoms with E-state index in [0.717, 1.165) is 11.3 Å². The molecule has 0 saturated heterocycles. The summed E-state index contributed by atoms with van der Waals surface area (Å²) in [5.74, 6) is -0.449. The van der Waals surface area contributed by atoms with Crippen molar-refractivity contribution in [3.05, 3.63) is 59.7 Å². The molecule has 1 aromatic carbocycles. The van der Waals surface area contributed by atoms with Crippen LogP contribution in [0.5, 0.6) is 0 Å². The van der Waals surface area contributed by atoms with Crippen LogP contribution >= 0.6 is 0 Å². The zero-order valence-electron chi connectivity index (χ0n) is 9.52. The molecule has 0 amide bonds. The van der Waals surface area contributed by atoms with Gasteiger partial charge in [-0.2, -0.15) is 4.39 Å². The van der Waals surface area contributed by atoms with Gasteiger partial charge in [0.25, 0.3) is 0 Å². The summed E-state index contributed by atoms with van der Waals surface area (Å²) in [6.07, 6.45) is 5.02. The second-order valence-electron chi connectivity index (χ2n) is 3.59. The predicted octanol–water partition coefficient (Wildman–Crippen LogP) is 3.43. The second kappa shape index (κ2) is 5.25. The van der Waals surface area contributed by atoms with Crippen molar-refractivity contribution < 1.29 is 4.39 Å². The van der Waals surface area contributed by atoms with Crippen LogP contribution in [-0.4, -0.2) is 12.0 Å². The molecule has 2 rings (SSSR count). The van der Waals surface area contributed by atoms with E-state index in [1.165, 1.54) is 6.20 Å². The highest BCUT2D eigenvalue weighted by Crippen LogP contribution is 2.12. The van der Waals surface area contributed by atoms with Gasteiger partial charge in [-0.05, 0) is 35.9 Å². The summed E-state index contributed by atoms with van der Waals surface area (Å²) in [5, 5.41) is 3.04. The largest absolute Gasteiger partial charge is 0.388 e. The van der Waals surface area contributed by atoms with Crippen LogP contribution in [0.25, 0.3) is 12.2 Å². The van der Waals surface area contributed by atoms with Crippen molar-refractivity contribution in [3.8, 4) is 0 Å². The van der Waals surface area contributed by atoms with Crippen molar-refractivity contribution in [2.24, 2.45) is 0 Å². The number of nitrogens with one attached hydrogen (secondary N) is 1. The third-order valence-corrected chi connectivity index (χ3v) is 2.44. The van der Waals surface area contributed by atoms with Gasteiger partial charge in [0, 0.05) is 24.5 Å². The number of rotatable bonds is 3. The van der Waals surface area contributed by atoms with Crippen molar-refractivity contribution in [2.45, 2.75) is 0 Å². The van der Waals surface area contributed by atoms with Crippen molar-refractivity contribution in [2.75, 3.05) is 12.4 Å². The van der Waals surface area contributed by atoms with Crippen LogP contribution in [0.15, 0.2) is 42.6 Å². The summed E-state index contributed by atoms with van der Waals surface area (Å²) in [7, 11) is 1.87. The van der Waals surface area contributed by atoms with E-state index in [0.29, 0.717) is 5.56 Å². The first-order chi connectivity index (χ1) is 8.29. The van der Waals surface area contributed by atoms with Crippen molar-refractivity contribution in [3.63, 3.8) is 0 Å². The maximum absolute atomic E-state index is 13.2. The van der Waals surface area contributed by atoms with E-state index in [1.807, 2.05) is 37.4 Å². The van der Waals surface area contributed by atoms with Crippen LogP contribution in [0.3, 0.4) is 0 Å². The van der Waals surface area contributed by atoms with Gasteiger partial charge in [-0.15, -0.1) is 0 Å². The molecule has 0 fully saturated rings. The number of aromatic nitrogens is 1. The molecule has 1 heterocycles. The Bertz CT molecular complexity index is 518. The standard InChI is InChI=1S/C14H13FN2/c1-16-13-8-5-11(6-9-13)4-7-12-3-2-10-17-14(12)15/h2-10,16H,1H3. The highest BCUT2D eigenvalue weighted by atomic mass is 19.1. The fraction of sp³-hybridized carbons (Fsp3) is 0.0714. The van der Waals surface area contributed by atoms with Crippen LogP contribution in [0, 0.1) is 5.95 Å². The van der Waals surface area contributed by atoms with Crippen LogP contribution in [-0.2, 0) is 0 Å². The van der Waals surface area contributed by atoms with E-state index in [4.69, 9.17) is 0 Å². The molecular formula is C14H13FN2. The van der Waals surface area contributed by atoms with Gasteiger partial charge in [0.05, 0.1) is 0 Å². The highest BCUT2D eigenvalue weighted by molar-refractivity contribution is 5.70. The lowest BCUT2D eigenvalue weighted by Crippen LogP contribution is -1.87. The molecule has 1 N–H and O–H groups in total. The van der Waals surface area contributed by atoms with E-state index < -0.39 is 5.95 Å². The van der Waals surface area contributed by atoms with Gasteiger partial charge in [-0.25, -0.2) is 4.98 Å². The normalized spacial score (nSPS) is 10.7. The van der Waals surface area contributed by atoms with Gasteiger partial charge in [0.2, 0.25) is 5.95 Å². The molecule has 0 unspecified atom stereocenters. The quantitative estimate of drug-likeness (QED) is 0.814. The molecule has 0 spiro atoms. The van der Waals surface area contributed by atoms with Crippen LogP contribution in [0.2, 0.25) is 0 Å². The van der Waals surface area contributed by atoms with E-state index in [1.54, 1.807) is 18.2 Å². The molecule has 86 valence electrons. The average molecular weight is 228 g/mol. The first kappa shape index (κ1) is 11.3. The Morgan fingerprint density at radius 3 is 2.53 bits per heavy atom. The monoisotopic (exact) mass is 228 g/mol. The SMILES string of the molecule is CNc1ccc(C=Cc2cccnc2F)cc1. The summed E-state index contributed by atoms with van der Waals surface area (Å²) in [6.45, 7) is 0. The zero-order valence-corrected chi connectivity index (χ0v) is 9.52. The van der Waals surface area contributed by atoms with Gasteiger partial charge in [-0.1, -0.05) is 18.2 Å². The minimum absolute atomic E-state index is 0.449. The van der Waals surface area contributed by atoms with Crippen molar-refractivity contribution in [1.82, 2.24) is 4.98 Å². The van der Waals surface area contributed by atoms with E-state index in [9.17, 15) is 4.39 Å². The molecule has 0 aliphatic rings. The molecule has 17 heavy (non-hydrogen) atoms. The van der Waals surface area contributed by atoms with E-state index in [2.05, 4.69) is 10.3 Å². The summed E-state index contributed by atoms with van der Waals surface area (Å²) in [5.41, 5.74) is 2.56. The Balaban J connectivity index is 2.17. The number of halogens is 1. The van der Waals surface area contributed by atoms with Gasteiger partial charge >= 0.3 is 0 Å². The van der Waals surface area contributed by atoms with Gasteiger partial charge in [0.1, 0.15) is 0 Å². The highest BCUT2D eigenvalue weighted by Gasteiger charge is 1.96. The minimum Gasteiger partial charge on any atom is -0.388 e. The first-order valence-electron chi connectivity index (χ1n) is 5.36. The first-order valence-corrected chi connectivity index (χ1v) is 5.36. The lowest BCUT2D eigenvalue weighted by molar-refractivity contribution is 0.581. The average Bonchev–Trinajstić information content (AvgIpc) is 2.38. The van der Waals surface area contributed by atoms with Crippen LogP contribution in [0.1, 0.15) is 11.1 Å². The maximum atomic E-state index is 13.2. The third-order valence-electron chi connectivity index (χ3n) is 2.44. The van der Waals surface area contributed by atoms with Gasteiger partial charge in [0.15, 0.2) is 0 Å². The molecule has 3 heteroatoms. The molecule has 1 aromatic heterocycles. The number of pyridine rings is 1. The molecular weight excluding hydrogens is 215 g/mol. The fourth-order valence-corrected chi connectivity index (χ4v) is 1.47. The second-order valence-corrected chi connectivity index (χ2v) is 3.59. The maximum Gasteiger partial charge on any atom is 0.220 e. The number of hydrogen-bond acceptors (Lipinski definition) is 2. The Morgan fingerprint density at radius 1 is 1.12 bits per heavy atom.